The third-order valence-corrected chi connectivity index (χ3v) is 12.5. The summed E-state index contributed by atoms with van der Waals surface area (Å²) in [6, 6.07) is 73.7. The molecule has 0 fully saturated rings. The Hall–Kier alpha value is -6.50. The lowest BCUT2D eigenvalue weighted by Gasteiger charge is -2.49. The molecule has 0 aliphatic heterocycles. The average molecular weight is 657 g/mol. The summed E-state index contributed by atoms with van der Waals surface area (Å²) in [4.78, 5) is 0. The summed E-state index contributed by atoms with van der Waals surface area (Å²) in [5.74, 6) is 0. The van der Waals surface area contributed by atoms with Gasteiger partial charge in [-0.05, 0) is 105 Å². The van der Waals surface area contributed by atoms with E-state index in [4.69, 9.17) is 0 Å². The highest BCUT2D eigenvalue weighted by Crippen LogP contribution is 2.68. The van der Waals surface area contributed by atoms with Crippen molar-refractivity contribution >= 4 is 21.5 Å². The first kappa shape index (κ1) is 28.2. The second-order valence-corrected chi connectivity index (χ2v) is 14.7. The first-order valence-electron chi connectivity index (χ1n) is 18.4. The van der Waals surface area contributed by atoms with E-state index in [1.54, 1.807) is 0 Å². The Morgan fingerprint density at radius 3 is 1.25 bits per heavy atom. The molecule has 12 rings (SSSR count). The van der Waals surface area contributed by atoms with Crippen molar-refractivity contribution in [2.45, 2.75) is 10.8 Å². The molecule has 0 nitrogen and oxygen atoms in total. The molecule has 0 saturated heterocycles. The van der Waals surface area contributed by atoms with Crippen molar-refractivity contribution in [2.24, 2.45) is 0 Å². The molecule has 0 heteroatoms. The van der Waals surface area contributed by atoms with Gasteiger partial charge in [-0.3, -0.25) is 0 Å². The number of hydrogen-bond acceptors (Lipinski definition) is 0. The van der Waals surface area contributed by atoms with E-state index in [2.05, 4.69) is 194 Å². The van der Waals surface area contributed by atoms with Crippen molar-refractivity contribution in [1.29, 1.82) is 0 Å². The Bertz CT molecular complexity index is 2890. The van der Waals surface area contributed by atoms with Crippen LogP contribution >= 0.6 is 0 Å². The Kier molecular flexibility index (Phi) is 5.46. The van der Waals surface area contributed by atoms with Gasteiger partial charge in [0.15, 0.2) is 0 Å². The molecular formula is C52H32. The molecule has 0 aromatic heterocycles. The third-order valence-electron chi connectivity index (χ3n) is 12.5. The topological polar surface area (TPSA) is 0 Å². The van der Waals surface area contributed by atoms with E-state index in [9.17, 15) is 0 Å². The van der Waals surface area contributed by atoms with Gasteiger partial charge in [0.2, 0.25) is 0 Å². The minimum absolute atomic E-state index is 0.490. The van der Waals surface area contributed by atoms with Gasteiger partial charge in [-0.25, -0.2) is 0 Å². The third kappa shape index (κ3) is 3.25. The number of fused-ring (bicyclic) bond motifs is 19. The van der Waals surface area contributed by atoms with E-state index in [0.29, 0.717) is 0 Å². The molecule has 0 bridgehead atoms. The maximum Gasteiger partial charge on any atom is 0.0725 e. The predicted molar refractivity (Wildman–Crippen MR) is 215 cm³/mol. The SMILES string of the molecule is c1ccc2c(c1)-c1ccccc1C21c2ccccc2C2(c3ccccc3-c3ccccc32)c2c(-c3ccc4ccc5ccccc5c4c3)cccc21. The van der Waals surface area contributed by atoms with Crippen LogP contribution in [0.3, 0.4) is 0 Å². The quantitative estimate of drug-likeness (QED) is 0.154. The van der Waals surface area contributed by atoms with Crippen LogP contribution in [0.4, 0.5) is 0 Å². The van der Waals surface area contributed by atoms with Crippen molar-refractivity contribution in [3.05, 3.63) is 239 Å². The van der Waals surface area contributed by atoms with Crippen molar-refractivity contribution < 1.29 is 0 Å². The Morgan fingerprint density at radius 2 is 0.654 bits per heavy atom. The maximum absolute atomic E-state index is 2.46. The highest BCUT2D eigenvalue weighted by molar-refractivity contribution is 6.09. The van der Waals surface area contributed by atoms with Gasteiger partial charge in [-0.15, -0.1) is 0 Å². The lowest BCUT2D eigenvalue weighted by Crippen LogP contribution is -2.44. The number of hydrogen-bond donors (Lipinski definition) is 0. The molecule has 240 valence electrons. The molecule has 0 amide bonds. The van der Waals surface area contributed by atoms with E-state index < -0.39 is 10.8 Å². The first-order chi connectivity index (χ1) is 25.8. The minimum Gasteiger partial charge on any atom is -0.0619 e. The zero-order chi connectivity index (χ0) is 34.0. The lowest BCUT2D eigenvalue weighted by atomic mass is 9.51. The zero-order valence-electron chi connectivity index (χ0n) is 28.5. The van der Waals surface area contributed by atoms with Gasteiger partial charge in [-0.1, -0.05) is 188 Å². The van der Waals surface area contributed by atoms with Crippen LogP contribution in [0.15, 0.2) is 194 Å². The molecule has 9 aromatic carbocycles. The first-order valence-corrected chi connectivity index (χ1v) is 18.4. The van der Waals surface area contributed by atoms with Crippen LogP contribution in [0.5, 0.6) is 0 Å². The second kappa shape index (κ2) is 10.1. The van der Waals surface area contributed by atoms with E-state index in [1.807, 2.05) is 0 Å². The molecule has 0 N–H and O–H groups in total. The van der Waals surface area contributed by atoms with Crippen molar-refractivity contribution in [1.82, 2.24) is 0 Å². The van der Waals surface area contributed by atoms with Crippen LogP contribution in [-0.4, -0.2) is 0 Å². The van der Waals surface area contributed by atoms with Crippen LogP contribution in [0.1, 0.15) is 44.5 Å². The van der Waals surface area contributed by atoms with Gasteiger partial charge in [0, 0.05) is 0 Å². The molecule has 3 aliphatic carbocycles. The summed E-state index contributed by atoms with van der Waals surface area (Å²) >= 11 is 0. The van der Waals surface area contributed by atoms with Crippen molar-refractivity contribution in [3.8, 4) is 33.4 Å². The van der Waals surface area contributed by atoms with Crippen LogP contribution in [0, 0.1) is 0 Å². The molecule has 52 heavy (non-hydrogen) atoms. The Balaban J connectivity index is 1.31. The van der Waals surface area contributed by atoms with E-state index in [1.165, 1.54) is 99.4 Å². The molecule has 0 atom stereocenters. The summed E-state index contributed by atoms with van der Waals surface area (Å²) in [5.41, 5.74) is 17.7. The minimum atomic E-state index is -0.527. The van der Waals surface area contributed by atoms with Gasteiger partial charge in [-0.2, -0.15) is 0 Å². The van der Waals surface area contributed by atoms with Crippen LogP contribution in [0.25, 0.3) is 54.9 Å². The molecule has 0 radical (unpaired) electrons. The van der Waals surface area contributed by atoms with Crippen LogP contribution < -0.4 is 0 Å². The summed E-state index contributed by atoms with van der Waals surface area (Å²) in [6.07, 6.45) is 0. The normalized spacial score (nSPS) is 14.8. The maximum atomic E-state index is 2.46. The number of rotatable bonds is 1. The van der Waals surface area contributed by atoms with Gasteiger partial charge < -0.3 is 0 Å². The summed E-state index contributed by atoms with van der Waals surface area (Å²) < 4.78 is 0. The second-order valence-electron chi connectivity index (χ2n) is 14.7. The summed E-state index contributed by atoms with van der Waals surface area (Å²) in [6.45, 7) is 0. The fraction of sp³-hybridized carbons (Fsp3) is 0.0385. The fourth-order valence-corrected chi connectivity index (χ4v) is 10.7. The van der Waals surface area contributed by atoms with E-state index in [-0.39, 0.29) is 0 Å². The van der Waals surface area contributed by atoms with Crippen LogP contribution in [0.2, 0.25) is 0 Å². The fourth-order valence-electron chi connectivity index (χ4n) is 10.7. The molecule has 0 heterocycles. The predicted octanol–water partition coefficient (Wildman–Crippen LogP) is 12.7. The van der Waals surface area contributed by atoms with Crippen molar-refractivity contribution in [3.63, 3.8) is 0 Å². The molecule has 0 saturated carbocycles. The lowest BCUT2D eigenvalue weighted by molar-refractivity contribution is 0.634. The van der Waals surface area contributed by atoms with Crippen LogP contribution in [-0.2, 0) is 10.8 Å². The number of benzene rings is 9. The van der Waals surface area contributed by atoms with E-state index in [0.717, 1.165) is 0 Å². The molecule has 9 aromatic rings. The molecule has 2 spiro atoms. The zero-order valence-corrected chi connectivity index (χ0v) is 28.5. The molecule has 0 unspecified atom stereocenters. The van der Waals surface area contributed by atoms with Gasteiger partial charge in [0.05, 0.1) is 10.8 Å². The molecule has 3 aliphatic rings. The monoisotopic (exact) mass is 656 g/mol. The van der Waals surface area contributed by atoms with Gasteiger partial charge in [0.1, 0.15) is 0 Å². The van der Waals surface area contributed by atoms with Gasteiger partial charge >= 0.3 is 0 Å². The highest BCUT2D eigenvalue weighted by Gasteiger charge is 2.59. The smallest absolute Gasteiger partial charge is 0.0619 e. The Labute approximate surface area is 303 Å². The summed E-state index contributed by atoms with van der Waals surface area (Å²) in [7, 11) is 0. The van der Waals surface area contributed by atoms with Crippen molar-refractivity contribution in [2.75, 3.05) is 0 Å². The summed E-state index contributed by atoms with van der Waals surface area (Å²) in [5, 5.41) is 5.11. The standard InChI is InChI=1S/C52H32/c1-2-15-36-33(14-1)28-29-34-30-31-35(32-42(34)36)37-20-13-27-49-50(37)52(45-23-9-5-18-40(45)41-19-6-10-24-46(41)52)48-26-12-11-25-47(48)51(49)43-21-7-3-16-38(43)39-17-4-8-22-44(39)51/h1-32H. The highest BCUT2D eigenvalue weighted by atomic mass is 14.6. The largest absolute Gasteiger partial charge is 0.0725 e. The van der Waals surface area contributed by atoms with E-state index >= 15 is 0 Å². The van der Waals surface area contributed by atoms with Gasteiger partial charge in [0.25, 0.3) is 0 Å². The molecular weight excluding hydrogens is 625 g/mol. The average Bonchev–Trinajstić information content (AvgIpc) is 3.68. The Morgan fingerprint density at radius 1 is 0.250 bits per heavy atom.